The topological polar surface area (TPSA) is 82.3 Å². The number of sulfone groups is 1. The van der Waals surface area contributed by atoms with Crippen LogP contribution in [0.2, 0.25) is 0 Å². The minimum atomic E-state index is -3.55. The van der Waals surface area contributed by atoms with Gasteiger partial charge in [-0.05, 0) is 24.1 Å². The maximum absolute atomic E-state index is 12.9. The predicted octanol–water partition coefficient (Wildman–Crippen LogP) is 3.21. The van der Waals surface area contributed by atoms with Gasteiger partial charge in [-0.15, -0.1) is 0 Å². The molecule has 0 bridgehead atoms. The molecule has 2 aromatic carbocycles. The Labute approximate surface area is 151 Å². The summed E-state index contributed by atoms with van der Waals surface area (Å²) >= 11 is 0. The van der Waals surface area contributed by atoms with E-state index in [-0.39, 0.29) is 22.5 Å². The first-order valence-corrected chi connectivity index (χ1v) is 10.1. The third kappa shape index (κ3) is 3.40. The van der Waals surface area contributed by atoms with Gasteiger partial charge in [0.15, 0.2) is 15.7 Å². The van der Waals surface area contributed by atoms with Crippen LogP contribution in [0, 0.1) is 0 Å². The second-order valence-electron chi connectivity index (χ2n) is 6.26. The standard InChI is InChI=1S/C19H18N2O4S/c22-26(23,13-14-6-2-1-3-7-14)17-9-5-4-8-16(17)19-20-18(21-25-19)15-10-11-24-12-15/h1-9,15H,10-13H2/t15-/m1/s1. The number of rotatable bonds is 5. The summed E-state index contributed by atoms with van der Waals surface area (Å²) in [4.78, 5) is 4.62. The number of hydrogen-bond donors (Lipinski definition) is 0. The van der Waals surface area contributed by atoms with Crippen molar-refractivity contribution in [3.8, 4) is 11.5 Å². The molecule has 4 rings (SSSR count). The van der Waals surface area contributed by atoms with Crippen LogP contribution in [0.1, 0.15) is 23.7 Å². The molecule has 134 valence electrons. The molecule has 1 atom stereocenters. The fraction of sp³-hybridized carbons (Fsp3) is 0.263. The zero-order valence-electron chi connectivity index (χ0n) is 14.0. The van der Waals surface area contributed by atoms with Gasteiger partial charge in [-0.25, -0.2) is 8.42 Å². The van der Waals surface area contributed by atoms with Gasteiger partial charge in [-0.1, -0.05) is 47.6 Å². The van der Waals surface area contributed by atoms with Crippen molar-refractivity contribution in [2.75, 3.05) is 13.2 Å². The molecule has 3 aromatic rings. The number of aromatic nitrogens is 2. The van der Waals surface area contributed by atoms with Crippen LogP contribution in [-0.2, 0) is 20.3 Å². The van der Waals surface area contributed by atoms with E-state index in [9.17, 15) is 8.42 Å². The summed E-state index contributed by atoms with van der Waals surface area (Å²) in [7, 11) is -3.55. The molecule has 1 saturated heterocycles. The number of ether oxygens (including phenoxy) is 1. The molecule has 1 aromatic heterocycles. The molecule has 0 aliphatic carbocycles. The average molecular weight is 370 g/mol. The van der Waals surface area contributed by atoms with Gasteiger partial charge < -0.3 is 9.26 Å². The predicted molar refractivity (Wildman–Crippen MR) is 95.2 cm³/mol. The zero-order chi connectivity index (χ0) is 18.0. The van der Waals surface area contributed by atoms with Gasteiger partial charge in [0, 0.05) is 12.5 Å². The van der Waals surface area contributed by atoms with E-state index in [1.165, 1.54) is 0 Å². The Kier molecular flexibility index (Phi) is 4.57. The Balaban J connectivity index is 1.68. The van der Waals surface area contributed by atoms with Crippen molar-refractivity contribution in [3.63, 3.8) is 0 Å². The molecule has 0 radical (unpaired) electrons. The van der Waals surface area contributed by atoms with E-state index in [0.717, 1.165) is 12.0 Å². The van der Waals surface area contributed by atoms with Crippen LogP contribution >= 0.6 is 0 Å². The van der Waals surface area contributed by atoms with Gasteiger partial charge in [0.2, 0.25) is 0 Å². The smallest absolute Gasteiger partial charge is 0.259 e. The lowest BCUT2D eigenvalue weighted by Gasteiger charge is -2.08. The Hall–Kier alpha value is -2.51. The number of nitrogens with zero attached hydrogens (tertiary/aromatic N) is 2. The summed E-state index contributed by atoms with van der Waals surface area (Å²) in [5, 5.41) is 4.02. The maximum atomic E-state index is 12.9. The lowest BCUT2D eigenvalue weighted by atomic mass is 10.1. The van der Waals surface area contributed by atoms with Gasteiger partial charge in [0.25, 0.3) is 5.89 Å². The normalized spacial score (nSPS) is 17.5. The average Bonchev–Trinajstić information content (AvgIpc) is 3.34. The van der Waals surface area contributed by atoms with Crippen molar-refractivity contribution >= 4 is 9.84 Å². The minimum Gasteiger partial charge on any atom is -0.381 e. The quantitative estimate of drug-likeness (QED) is 0.686. The third-order valence-electron chi connectivity index (χ3n) is 4.39. The number of hydrogen-bond acceptors (Lipinski definition) is 6. The molecule has 1 fully saturated rings. The molecular formula is C19H18N2O4S. The molecule has 2 heterocycles. The largest absolute Gasteiger partial charge is 0.381 e. The Morgan fingerprint density at radius 1 is 1.04 bits per heavy atom. The summed E-state index contributed by atoms with van der Waals surface area (Å²) in [5.74, 6) is 0.801. The lowest BCUT2D eigenvalue weighted by molar-refractivity contribution is 0.192. The van der Waals surface area contributed by atoms with E-state index >= 15 is 0 Å². The first-order valence-electron chi connectivity index (χ1n) is 8.41. The van der Waals surface area contributed by atoms with Crippen molar-refractivity contribution in [2.45, 2.75) is 23.0 Å². The maximum Gasteiger partial charge on any atom is 0.259 e. The first-order chi connectivity index (χ1) is 12.6. The Morgan fingerprint density at radius 3 is 2.58 bits per heavy atom. The summed E-state index contributed by atoms with van der Waals surface area (Å²) < 4.78 is 36.6. The molecular weight excluding hydrogens is 352 g/mol. The van der Waals surface area contributed by atoms with Crippen molar-refractivity contribution in [2.24, 2.45) is 0 Å². The zero-order valence-corrected chi connectivity index (χ0v) is 14.9. The second-order valence-corrected chi connectivity index (χ2v) is 8.22. The summed E-state index contributed by atoms with van der Waals surface area (Å²) in [6, 6.07) is 15.8. The molecule has 0 amide bonds. The van der Waals surface area contributed by atoms with E-state index in [0.29, 0.717) is 24.6 Å². The van der Waals surface area contributed by atoms with Crippen LogP contribution in [0.4, 0.5) is 0 Å². The van der Waals surface area contributed by atoms with Crippen LogP contribution in [-0.4, -0.2) is 31.8 Å². The highest BCUT2D eigenvalue weighted by Gasteiger charge is 2.26. The van der Waals surface area contributed by atoms with Crippen LogP contribution in [0.25, 0.3) is 11.5 Å². The van der Waals surface area contributed by atoms with E-state index in [1.807, 2.05) is 18.2 Å². The van der Waals surface area contributed by atoms with Crippen molar-refractivity contribution in [1.29, 1.82) is 0 Å². The highest BCUT2D eigenvalue weighted by molar-refractivity contribution is 7.90. The molecule has 26 heavy (non-hydrogen) atoms. The SMILES string of the molecule is O=S(=O)(Cc1ccccc1)c1ccccc1-c1nc([C@@H]2CCOC2)no1. The third-order valence-corrected chi connectivity index (χ3v) is 6.13. The molecule has 0 unspecified atom stereocenters. The van der Waals surface area contributed by atoms with Gasteiger partial charge in [0.05, 0.1) is 22.8 Å². The van der Waals surface area contributed by atoms with Crippen LogP contribution in [0.5, 0.6) is 0 Å². The highest BCUT2D eigenvalue weighted by atomic mass is 32.2. The van der Waals surface area contributed by atoms with E-state index in [2.05, 4.69) is 10.1 Å². The van der Waals surface area contributed by atoms with Gasteiger partial charge in [-0.3, -0.25) is 0 Å². The van der Waals surface area contributed by atoms with Gasteiger partial charge in [-0.2, -0.15) is 4.98 Å². The van der Waals surface area contributed by atoms with Gasteiger partial charge in [0.1, 0.15) is 0 Å². The molecule has 7 heteroatoms. The van der Waals surface area contributed by atoms with E-state index < -0.39 is 9.84 Å². The Bertz CT molecular complexity index is 993. The lowest BCUT2D eigenvalue weighted by Crippen LogP contribution is -2.07. The van der Waals surface area contributed by atoms with Gasteiger partial charge >= 0.3 is 0 Å². The van der Waals surface area contributed by atoms with E-state index in [1.54, 1.807) is 36.4 Å². The van der Waals surface area contributed by atoms with Crippen molar-refractivity contribution in [1.82, 2.24) is 10.1 Å². The molecule has 6 nitrogen and oxygen atoms in total. The second kappa shape index (κ2) is 7.01. The molecule has 1 aliphatic heterocycles. The first kappa shape index (κ1) is 16.9. The minimum absolute atomic E-state index is 0.0810. The molecule has 1 aliphatic rings. The van der Waals surface area contributed by atoms with Crippen LogP contribution < -0.4 is 0 Å². The molecule has 0 spiro atoms. The molecule has 0 N–H and O–H groups in total. The van der Waals surface area contributed by atoms with Crippen LogP contribution in [0.15, 0.2) is 64.0 Å². The summed E-state index contributed by atoms with van der Waals surface area (Å²) in [6.07, 6.45) is 0.840. The summed E-state index contributed by atoms with van der Waals surface area (Å²) in [5.41, 5.74) is 1.16. The monoisotopic (exact) mass is 370 g/mol. The fourth-order valence-electron chi connectivity index (χ4n) is 3.03. The number of benzene rings is 2. The molecule has 0 saturated carbocycles. The summed E-state index contributed by atoms with van der Waals surface area (Å²) in [6.45, 7) is 1.24. The van der Waals surface area contributed by atoms with Crippen LogP contribution in [0.3, 0.4) is 0 Å². The van der Waals surface area contributed by atoms with Crippen molar-refractivity contribution in [3.05, 3.63) is 66.0 Å². The highest BCUT2D eigenvalue weighted by Crippen LogP contribution is 2.30. The Morgan fingerprint density at radius 2 is 1.81 bits per heavy atom. The van der Waals surface area contributed by atoms with Crippen molar-refractivity contribution < 1.29 is 17.7 Å². The fourth-order valence-corrected chi connectivity index (χ4v) is 4.60. The van der Waals surface area contributed by atoms with E-state index in [4.69, 9.17) is 9.26 Å².